The lowest BCUT2D eigenvalue weighted by molar-refractivity contribution is -0.116. The van der Waals surface area contributed by atoms with E-state index in [0.29, 0.717) is 71.6 Å². The van der Waals surface area contributed by atoms with Crippen LogP contribution < -0.4 is 24.3 Å². The number of carbonyl (C=O) groups is 3. The van der Waals surface area contributed by atoms with Crippen molar-refractivity contribution in [1.82, 2.24) is 15.1 Å². The number of nitrogens with zero attached hydrogens (tertiary/aromatic N) is 4. The number of aliphatic imine (C=N–C) groups is 2. The number of hydrogen-bond acceptors (Lipinski definition) is 11. The van der Waals surface area contributed by atoms with Gasteiger partial charge in [-0.1, -0.05) is 36.4 Å². The third-order valence-electron chi connectivity index (χ3n) is 11.0. The van der Waals surface area contributed by atoms with Crippen LogP contribution in [-0.2, 0) is 16.1 Å². The molecule has 3 aliphatic heterocycles. The van der Waals surface area contributed by atoms with Crippen molar-refractivity contribution in [3.63, 3.8) is 0 Å². The number of methoxy groups -OCH3 is 3. The molecule has 0 spiro atoms. The Hall–Kier alpha value is -6.73. The number of carbonyl (C=O) groups excluding carboxylic acids is 3. The van der Waals surface area contributed by atoms with E-state index in [1.54, 1.807) is 60.7 Å². The quantitative estimate of drug-likeness (QED) is 0.0456. The molecular formula is C48H51N5O8. The lowest BCUT2D eigenvalue weighted by Gasteiger charge is -2.19. The van der Waals surface area contributed by atoms with Gasteiger partial charge >= 0.3 is 5.97 Å². The minimum absolute atomic E-state index is 0.125. The van der Waals surface area contributed by atoms with Crippen LogP contribution in [0.5, 0.6) is 23.0 Å². The molecule has 0 aliphatic carbocycles. The molecule has 3 heterocycles. The van der Waals surface area contributed by atoms with Gasteiger partial charge in [0.2, 0.25) is 6.41 Å². The summed E-state index contributed by atoms with van der Waals surface area (Å²) in [5.74, 6) is 1.68. The van der Waals surface area contributed by atoms with Gasteiger partial charge in [0.05, 0.1) is 69.1 Å². The highest BCUT2D eigenvalue weighted by Crippen LogP contribution is 2.40. The van der Waals surface area contributed by atoms with Crippen molar-refractivity contribution in [3.8, 4) is 23.0 Å². The minimum atomic E-state index is -0.401. The van der Waals surface area contributed by atoms with E-state index in [-0.39, 0.29) is 18.0 Å². The summed E-state index contributed by atoms with van der Waals surface area (Å²) in [5, 5.41) is 3.17. The zero-order valence-corrected chi connectivity index (χ0v) is 35.2. The standard InChI is InChI=1S/C48H51N5O8/c1-31-19-43(57-3)45(23-41(31)50-26-38-20-36(28-52(38)30-54)34-13-15-35(16-14-34)48(56)59-5)60-17-7-6-8-18-61-46-24-42-40(22-44(46)58-4)47(55)53-29-37(21-39(53)27-51-42)33-11-9-32(10-12-33)25-49-2/h9-16,19,22-24,26-30,38-39,49H,6-8,17-18,20-21,25H2,1-5H3/b50-26-. The van der Waals surface area contributed by atoms with Crippen LogP contribution in [0, 0.1) is 6.92 Å². The van der Waals surface area contributed by atoms with Crippen LogP contribution >= 0.6 is 0 Å². The van der Waals surface area contributed by atoms with Crippen molar-refractivity contribution in [2.24, 2.45) is 9.98 Å². The summed E-state index contributed by atoms with van der Waals surface area (Å²) in [5.41, 5.74) is 8.36. The Morgan fingerprint density at radius 2 is 1.49 bits per heavy atom. The maximum absolute atomic E-state index is 13.8. The van der Waals surface area contributed by atoms with Crippen LogP contribution in [0.25, 0.3) is 11.1 Å². The van der Waals surface area contributed by atoms with E-state index in [0.717, 1.165) is 60.1 Å². The summed E-state index contributed by atoms with van der Waals surface area (Å²) < 4.78 is 28.4. The van der Waals surface area contributed by atoms with Crippen LogP contribution in [0.3, 0.4) is 0 Å². The van der Waals surface area contributed by atoms with E-state index in [4.69, 9.17) is 33.7 Å². The Labute approximate surface area is 356 Å². The molecular weight excluding hydrogens is 775 g/mol. The first kappa shape index (κ1) is 42.4. The van der Waals surface area contributed by atoms with Crippen molar-refractivity contribution < 1.29 is 38.1 Å². The van der Waals surface area contributed by atoms with Crippen molar-refractivity contribution in [2.45, 2.75) is 57.7 Å². The number of aryl methyl sites for hydroxylation is 1. The zero-order valence-electron chi connectivity index (χ0n) is 35.2. The molecule has 0 saturated heterocycles. The highest BCUT2D eigenvalue weighted by molar-refractivity contribution is 6.05. The summed E-state index contributed by atoms with van der Waals surface area (Å²) in [6, 6.07) is 22.3. The van der Waals surface area contributed by atoms with Gasteiger partial charge in [0.25, 0.3) is 5.91 Å². The number of benzene rings is 4. The molecule has 0 radical (unpaired) electrons. The lowest BCUT2D eigenvalue weighted by atomic mass is 10.0. The minimum Gasteiger partial charge on any atom is -0.493 e. The maximum Gasteiger partial charge on any atom is 0.337 e. The maximum atomic E-state index is 13.8. The van der Waals surface area contributed by atoms with E-state index in [9.17, 15) is 14.4 Å². The molecule has 2 atom stereocenters. The summed E-state index contributed by atoms with van der Waals surface area (Å²) in [6.45, 7) is 3.65. The van der Waals surface area contributed by atoms with E-state index in [2.05, 4.69) is 29.6 Å². The molecule has 13 heteroatoms. The average molecular weight is 826 g/mol. The second-order valence-corrected chi connectivity index (χ2v) is 15.0. The van der Waals surface area contributed by atoms with Gasteiger partial charge in [-0.05, 0) is 90.9 Å². The van der Waals surface area contributed by atoms with Gasteiger partial charge in [0, 0.05) is 56.3 Å². The van der Waals surface area contributed by atoms with Gasteiger partial charge in [0.15, 0.2) is 23.0 Å². The van der Waals surface area contributed by atoms with Crippen molar-refractivity contribution in [3.05, 3.63) is 119 Å². The molecule has 61 heavy (non-hydrogen) atoms. The molecule has 7 rings (SSSR count). The van der Waals surface area contributed by atoms with E-state index >= 15 is 0 Å². The zero-order chi connectivity index (χ0) is 42.9. The van der Waals surface area contributed by atoms with Crippen molar-refractivity contribution in [2.75, 3.05) is 41.6 Å². The molecule has 1 N–H and O–H groups in total. The second kappa shape index (κ2) is 19.6. The Morgan fingerprint density at radius 3 is 2.15 bits per heavy atom. The highest BCUT2D eigenvalue weighted by Gasteiger charge is 2.33. The molecule has 3 aliphatic rings. The number of hydrogen-bond donors (Lipinski definition) is 1. The first-order valence-electron chi connectivity index (χ1n) is 20.4. The largest absolute Gasteiger partial charge is 0.493 e. The van der Waals surface area contributed by atoms with Crippen LogP contribution in [0.1, 0.15) is 75.1 Å². The summed E-state index contributed by atoms with van der Waals surface area (Å²) >= 11 is 0. The number of nitrogens with one attached hydrogen (secondary N) is 1. The fourth-order valence-corrected chi connectivity index (χ4v) is 7.61. The Balaban J connectivity index is 0.905. The Bertz CT molecular complexity index is 2370. The molecule has 0 aromatic heterocycles. The third kappa shape index (κ3) is 9.68. The first-order chi connectivity index (χ1) is 29.7. The smallest absolute Gasteiger partial charge is 0.337 e. The molecule has 2 amide bonds. The van der Waals surface area contributed by atoms with E-state index in [1.165, 1.54) is 12.7 Å². The number of ether oxygens (including phenoxy) is 5. The Morgan fingerprint density at radius 1 is 0.836 bits per heavy atom. The van der Waals surface area contributed by atoms with Crippen molar-refractivity contribution >= 4 is 53.2 Å². The van der Waals surface area contributed by atoms with Crippen LogP contribution in [0.15, 0.2) is 95.2 Å². The molecule has 4 aromatic rings. The van der Waals surface area contributed by atoms with Gasteiger partial charge < -0.3 is 38.8 Å². The normalized spacial score (nSPS) is 16.8. The number of fused-ring (bicyclic) bond motifs is 2. The second-order valence-electron chi connectivity index (χ2n) is 15.0. The van der Waals surface area contributed by atoms with Gasteiger partial charge in [-0.2, -0.15) is 0 Å². The molecule has 2 unspecified atom stereocenters. The number of esters is 1. The highest BCUT2D eigenvalue weighted by atomic mass is 16.5. The predicted molar refractivity (Wildman–Crippen MR) is 236 cm³/mol. The molecule has 4 aromatic carbocycles. The fraction of sp³-hybridized carbons (Fsp3) is 0.312. The summed E-state index contributed by atoms with van der Waals surface area (Å²) in [4.78, 5) is 50.5. The third-order valence-corrected chi connectivity index (χ3v) is 11.0. The summed E-state index contributed by atoms with van der Waals surface area (Å²) in [7, 11) is 6.45. The van der Waals surface area contributed by atoms with Gasteiger partial charge in [-0.25, -0.2) is 4.79 Å². The lowest BCUT2D eigenvalue weighted by Crippen LogP contribution is -2.32. The SMILES string of the molecule is CNCc1ccc(C2=CN3C(=O)c4cc(OC)c(OCCCCCOc5cc(/N=C\C6CC(c7ccc(C(=O)OC)cc7)=CN6C=O)c(C)cc5OC)cc4N=CC3C2)cc1. The molecule has 0 saturated carbocycles. The molecule has 0 fully saturated rings. The number of rotatable bonds is 18. The molecule has 0 bridgehead atoms. The van der Waals surface area contributed by atoms with Crippen LogP contribution in [0.4, 0.5) is 11.4 Å². The van der Waals surface area contributed by atoms with Crippen LogP contribution in [-0.4, -0.2) is 94.2 Å². The fourth-order valence-electron chi connectivity index (χ4n) is 7.61. The predicted octanol–water partition coefficient (Wildman–Crippen LogP) is 8.09. The topological polar surface area (TPSA) is 141 Å². The summed E-state index contributed by atoms with van der Waals surface area (Å²) in [6.07, 6.45) is 11.8. The molecule has 316 valence electrons. The van der Waals surface area contributed by atoms with Crippen LogP contribution in [0.2, 0.25) is 0 Å². The van der Waals surface area contributed by atoms with Gasteiger partial charge in [-0.3, -0.25) is 19.6 Å². The average Bonchev–Trinajstić information content (AvgIpc) is 3.89. The first-order valence-corrected chi connectivity index (χ1v) is 20.4. The van der Waals surface area contributed by atoms with Gasteiger partial charge in [-0.15, -0.1) is 0 Å². The van der Waals surface area contributed by atoms with E-state index in [1.807, 2.05) is 50.7 Å². The van der Waals surface area contributed by atoms with Crippen molar-refractivity contribution in [1.29, 1.82) is 0 Å². The number of amides is 2. The monoisotopic (exact) mass is 825 g/mol. The molecule has 13 nitrogen and oxygen atoms in total. The number of unbranched alkanes of at least 4 members (excludes halogenated alkanes) is 2. The van der Waals surface area contributed by atoms with E-state index < -0.39 is 5.97 Å². The Kier molecular flexibility index (Phi) is 13.6. The van der Waals surface area contributed by atoms with Gasteiger partial charge in [0.1, 0.15) is 0 Å².